The Kier molecular flexibility index (Phi) is 1.75. The fourth-order valence-corrected chi connectivity index (χ4v) is 2.14. The van der Waals surface area contributed by atoms with E-state index in [1.807, 2.05) is 18.2 Å². The molecule has 1 aromatic rings. The summed E-state index contributed by atoms with van der Waals surface area (Å²) in [5.74, 6) is -0.0540. The van der Waals surface area contributed by atoms with E-state index in [-0.39, 0.29) is 18.0 Å². The van der Waals surface area contributed by atoms with Gasteiger partial charge in [-0.3, -0.25) is 0 Å². The fourth-order valence-electron chi connectivity index (χ4n) is 2.14. The Bertz CT molecular complexity index is 471. The molecular weight excluding hydrogens is 188 g/mol. The molecule has 1 heterocycles. The number of carbonyl (C=O) groups excluding carboxylic acids is 1. The van der Waals surface area contributed by atoms with E-state index in [9.17, 15) is 4.79 Å². The first-order valence-electron chi connectivity index (χ1n) is 5.00. The molecule has 0 fully saturated rings. The summed E-state index contributed by atoms with van der Waals surface area (Å²) in [5, 5.41) is 0. The number of carbonyl (C=O) groups is 1. The zero-order valence-corrected chi connectivity index (χ0v) is 8.09. The van der Waals surface area contributed by atoms with Gasteiger partial charge in [-0.1, -0.05) is 36.4 Å². The van der Waals surface area contributed by atoms with Crippen molar-refractivity contribution in [2.24, 2.45) is 0 Å². The van der Waals surface area contributed by atoms with Crippen molar-refractivity contribution in [2.75, 3.05) is 0 Å². The number of cyclic esters (lactones) is 1. The summed E-state index contributed by atoms with van der Waals surface area (Å²) in [6.07, 6.45) is 7.38. The molecule has 0 radical (unpaired) electrons. The Morgan fingerprint density at radius 3 is 2.73 bits per heavy atom. The van der Waals surface area contributed by atoms with Crippen LogP contribution in [-0.2, 0) is 9.53 Å². The van der Waals surface area contributed by atoms with Crippen molar-refractivity contribution in [3.8, 4) is 0 Å². The van der Waals surface area contributed by atoms with Crippen LogP contribution in [0.5, 0.6) is 0 Å². The van der Waals surface area contributed by atoms with E-state index in [2.05, 4.69) is 24.3 Å². The van der Waals surface area contributed by atoms with Gasteiger partial charge in [-0.15, -0.1) is 0 Å². The third-order valence-corrected chi connectivity index (χ3v) is 2.87. The van der Waals surface area contributed by atoms with Crippen LogP contribution in [0.4, 0.5) is 0 Å². The summed E-state index contributed by atoms with van der Waals surface area (Å²) in [6, 6.07) is 8.19. The zero-order valence-electron chi connectivity index (χ0n) is 8.09. The van der Waals surface area contributed by atoms with Crippen molar-refractivity contribution in [1.82, 2.24) is 0 Å². The Hall–Kier alpha value is -1.83. The van der Waals surface area contributed by atoms with Gasteiger partial charge in [-0.05, 0) is 17.2 Å². The molecule has 0 N–H and O–H groups in total. The van der Waals surface area contributed by atoms with Crippen molar-refractivity contribution in [3.63, 3.8) is 0 Å². The lowest BCUT2D eigenvalue weighted by Gasteiger charge is -2.16. The van der Waals surface area contributed by atoms with E-state index in [1.165, 1.54) is 17.2 Å². The number of ether oxygens (including phenoxy) is 1. The standard InChI is InChI=1S/C13H10O2/c14-13-8-7-12(15-13)11-6-5-9-3-1-2-4-10(9)11/h1-8,11-12H. The topological polar surface area (TPSA) is 26.3 Å². The maximum absolute atomic E-state index is 11.0. The molecule has 2 unspecified atom stereocenters. The maximum Gasteiger partial charge on any atom is 0.331 e. The largest absolute Gasteiger partial charge is 0.454 e. The van der Waals surface area contributed by atoms with Crippen LogP contribution in [0.2, 0.25) is 0 Å². The molecule has 74 valence electrons. The fraction of sp³-hybridized carbons (Fsp3) is 0.154. The molecule has 2 atom stereocenters. The van der Waals surface area contributed by atoms with Crippen LogP contribution < -0.4 is 0 Å². The van der Waals surface area contributed by atoms with Gasteiger partial charge < -0.3 is 4.74 Å². The molecule has 0 amide bonds. The van der Waals surface area contributed by atoms with Gasteiger partial charge >= 0.3 is 5.97 Å². The Morgan fingerprint density at radius 2 is 1.93 bits per heavy atom. The highest BCUT2D eigenvalue weighted by Crippen LogP contribution is 2.35. The number of esters is 1. The predicted octanol–water partition coefficient (Wildman–Crippen LogP) is 2.28. The van der Waals surface area contributed by atoms with Crippen LogP contribution >= 0.6 is 0 Å². The zero-order chi connectivity index (χ0) is 10.3. The van der Waals surface area contributed by atoms with Gasteiger partial charge in [0.2, 0.25) is 0 Å². The summed E-state index contributed by atoms with van der Waals surface area (Å²) >= 11 is 0. The molecule has 0 saturated heterocycles. The van der Waals surface area contributed by atoms with Gasteiger partial charge in [0.15, 0.2) is 0 Å². The molecular formula is C13H10O2. The first-order valence-corrected chi connectivity index (χ1v) is 5.00. The number of hydrogen-bond donors (Lipinski definition) is 0. The molecule has 1 aliphatic heterocycles. The highest BCUT2D eigenvalue weighted by molar-refractivity contribution is 5.85. The molecule has 0 aromatic heterocycles. The second kappa shape index (κ2) is 3.09. The molecule has 2 nitrogen and oxygen atoms in total. The van der Waals surface area contributed by atoms with Crippen molar-refractivity contribution in [2.45, 2.75) is 12.0 Å². The molecule has 0 bridgehead atoms. The van der Waals surface area contributed by atoms with Crippen molar-refractivity contribution in [1.29, 1.82) is 0 Å². The average molecular weight is 198 g/mol. The number of rotatable bonds is 1. The lowest BCUT2D eigenvalue weighted by atomic mass is 9.95. The van der Waals surface area contributed by atoms with E-state index in [0.29, 0.717) is 0 Å². The minimum Gasteiger partial charge on any atom is -0.454 e. The molecule has 15 heavy (non-hydrogen) atoms. The minimum atomic E-state index is -0.238. The third-order valence-electron chi connectivity index (χ3n) is 2.87. The summed E-state index contributed by atoms with van der Waals surface area (Å²) in [5.41, 5.74) is 2.46. The van der Waals surface area contributed by atoms with Gasteiger partial charge in [-0.25, -0.2) is 4.79 Å². The summed E-state index contributed by atoms with van der Waals surface area (Å²) in [6.45, 7) is 0. The highest BCUT2D eigenvalue weighted by atomic mass is 16.5. The number of hydrogen-bond acceptors (Lipinski definition) is 2. The van der Waals surface area contributed by atoms with Crippen LogP contribution in [0, 0.1) is 0 Å². The molecule has 0 spiro atoms. The first kappa shape index (κ1) is 8.48. The van der Waals surface area contributed by atoms with Crippen LogP contribution in [0.25, 0.3) is 6.08 Å². The van der Waals surface area contributed by atoms with E-state index in [1.54, 1.807) is 0 Å². The predicted molar refractivity (Wildman–Crippen MR) is 57.2 cm³/mol. The summed E-state index contributed by atoms with van der Waals surface area (Å²) < 4.78 is 5.20. The molecule has 2 aliphatic rings. The Morgan fingerprint density at radius 1 is 1.07 bits per heavy atom. The van der Waals surface area contributed by atoms with E-state index in [0.717, 1.165) is 0 Å². The molecule has 1 aromatic carbocycles. The van der Waals surface area contributed by atoms with Crippen LogP contribution in [-0.4, -0.2) is 12.1 Å². The van der Waals surface area contributed by atoms with Gasteiger partial charge in [0.05, 0.1) is 0 Å². The monoisotopic (exact) mass is 198 g/mol. The van der Waals surface area contributed by atoms with E-state index in [4.69, 9.17) is 4.74 Å². The molecule has 0 saturated carbocycles. The van der Waals surface area contributed by atoms with Crippen molar-refractivity contribution in [3.05, 3.63) is 53.6 Å². The quantitative estimate of drug-likeness (QED) is 0.647. The van der Waals surface area contributed by atoms with Gasteiger partial charge in [0.1, 0.15) is 6.10 Å². The second-order valence-electron chi connectivity index (χ2n) is 3.77. The molecule has 2 heteroatoms. The number of fused-ring (bicyclic) bond motifs is 1. The SMILES string of the molecule is O=C1C=CC(C2C=Cc3ccccc32)O1. The average Bonchev–Trinajstić information content (AvgIpc) is 2.83. The first-order chi connectivity index (χ1) is 7.34. The lowest BCUT2D eigenvalue weighted by molar-refractivity contribution is -0.138. The van der Waals surface area contributed by atoms with Crippen molar-refractivity contribution >= 4 is 12.0 Å². The van der Waals surface area contributed by atoms with Crippen molar-refractivity contribution < 1.29 is 9.53 Å². The molecule has 3 rings (SSSR count). The molecule has 1 aliphatic carbocycles. The van der Waals surface area contributed by atoms with E-state index < -0.39 is 0 Å². The Labute approximate surface area is 87.9 Å². The normalized spacial score (nSPS) is 26.8. The van der Waals surface area contributed by atoms with Gasteiger partial charge in [-0.2, -0.15) is 0 Å². The van der Waals surface area contributed by atoms with Gasteiger partial charge in [0.25, 0.3) is 0 Å². The van der Waals surface area contributed by atoms with E-state index >= 15 is 0 Å². The smallest absolute Gasteiger partial charge is 0.331 e. The third kappa shape index (κ3) is 1.30. The van der Waals surface area contributed by atoms with Crippen LogP contribution in [0.15, 0.2) is 42.5 Å². The maximum atomic E-state index is 11.0. The second-order valence-corrected chi connectivity index (χ2v) is 3.77. The lowest BCUT2D eigenvalue weighted by Crippen LogP contribution is -2.15. The minimum absolute atomic E-state index is 0.127. The number of benzene rings is 1. The Balaban J connectivity index is 1.95. The highest BCUT2D eigenvalue weighted by Gasteiger charge is 2.29. The van der Waals surface area contributed by atoms with Crippen LogP contribution in [0.1, 0.15) is 17.0 Å². The van der Waals surface area contributed by atoms with Gasteiger partial charge in [0, 0.05) is 12.0 Å². The van der Waals surface area contributed by atoms with Crippen LogP contribution in [0.3, 0.4) is 0 Å². The summed E-state index contributed by atoms with van der Waals surface area (Å²) in [4.78, 5) is 11.0. The summed E-state index contributed by atoms with van der Waals surface area (Å²) in [7, 11) is 0.